The molecule has 118 valence electrons. The first-order chi connectivity index (χ1) is 10.5. The second-order valence-corrected chi connectivity index (χ2v) is 7.41. The molecule has 1 N–H and O–H groups in total. The molecule has 1 fully saturated rings. The minimum Gasteiger partial charge on any atom is -0.336 e. The van der Waals surface area contributed by atoms with Crippen molar-refractivity contribution >= 4 is 26.8 Å². The summed E-state index contributed by atoms with van der Waals surface area (Å²) in [6, 6.07) is 7.47. The Morgan fingerprint density at radius 1 is 1.18 bits per heavy atom. The molecule has 7 nitrogen and oxygen atoms in total. The summed E-state index contributed by atoms with van der Waals surface area (Å²) < 4.78 is 24.7. The number of fused-ring (bicyclic) bond motifs is 1. The molecule has 1 amide bonds. The number of H-pyrrole nitrogens is 1. The van der Waals surface area contributed by atoms with Gasteiger partial charge in [-0.25, -0.2) is 12.7 Å². The average molecular weight is 322 g/mol. The molecule has 0 atom stereocenters. The van der Waals surface area contributed by atoms with Crippen LogP contribution in [0.4, 0.5) is 0 Å². The van der Waals surface area contributed by atoms with Crippen molar-refractivity contribution in [2.24, 2.45) is 0 Å². The van der Waals surface area contributed by atoms with Crippen LogP contribution in [0.5, 0.6) is 0 Å². The number of amides is 1. The van der Waals surface area contributed by atoms with Crippen molar-refractivity contribution in [1.82, 2.24) is 19.4 Å². The van der Waals surface area contributed by atoms with Gasteiger partial charge in [0.15, 0.2) is 5.69 Å². The third-order valence-electron chi connectivity index (χ3n) is 3.88. The maximum Gasteiger partial charge on any atom is 0.275 e. The number of carbonyl (C=O) groups is 1. The molecule has 2 heterocycles. The monoisotopic (exact) mass is 322 g/mol. The zero-order valence-corrected chi connectivity index (χ0v) is 13.1. The number of carbonyl (C=O) groups excluding carboxylic acids is 1. The molecule has 1 aliphatic rings. The summed E-state index contributed by atoms with van der Waals surface area (Å²) in [5.74, 6) is -0.159. The fourth-order valence-corrected chi connectivity index (χ4v) is 3.58. The topological polar surface area (TPSA) is 86.4 Å². The molecule has 1 aromatic heterocycles. The number of benzene rings is 1. The lowest BCUT2D eigenvalue weighted by molar-refractivity contribution is 0.0760. The first kappa shape index (κ1) is 15.0. The van der Waals surface area contributed by atoms with Gasteiger partial charge in [-0.2, -0.15) is 5.10 Å². The number of para-hydroxylation sites is 1. The number of hydrogen-bond acceptors (Lipinski definition) is 4. The van der Waals surface area contributed by atoms with Gasteiger partial charge >= 0.3 is 0 Å². The maximum atomic E-state index is 12.7. The molecule has 1 aromatic carbocycles. The Morgan fingerprint density at radius 2 is 1.95 bits per heavy atom. The Balaban J connectivity index is 1.81. The number of nitrogens with zero attached hydrogens (tertiary/aromatic N) is 3. The van der Waals surface area contributed by atoms with Crippen molar-refractivity contribution in [2.75, 3.05) is 32.4 Å². The molecule has 0 bridgehead atoms. The summed E-state index contributed by atoms with van der Waals surface area (Å²) in [5.41, 5.74) is 1.21. The second kappa shape index (κ2) is 5.69. The highest BCUT2D eigenvalue weighted by atomic mass is 32.2. The van der Waals surface area contributed by atoms with Crippen LogP contribution in [-0.2, 0) is 10.0 Å². The largest absolute Gasteiger partial charge is 0.336 e. The van der Waals surface area contributed by atoms with E-state index in [0.29, 0.717) is 38.3 Å². The van der Waals surface area contributed by atoms with E-state index in [1.165, 1.54) is 10.6 Å². The summed E-state index contributed by atoms with van der Waals surface area (Å²) >= 11 is 0. The van der Waals surface area contributed by atoms with Crippen molar-refractivity contribution < 1.29 is 13.2 Å². The Morgan fingerprint density at radius 3 is 2.73 bits per heavy atom. The van der Waals surface area contributed by atoms with Gasteiger partial charge in [0.25, 0.3) is 5.91 Å². The van der Waals surface area contributed by atoms with E-state index in [-0.39, 0.29) is 5.91 Å². The van der Waals surface area contributed by atoms with E-state index in [1.54, 1.807) is 4.90 Å². The Labute approximate surface area is 129 Å². The van der Waals surface area contributed by atoms with Crippen LogP contribution < -0.4 is 0 Å². The van der Waals surface area contributed by atoms with E-state index < -0.39 is 10.0 Å². The maximum absolute atomic E-state index is 12.7. The number of nitrogens with one attached hydrogen (secondary N) is 1. The van der Waals surface area contributed by atoms with Crippen LogP contribution in [0.15, 0.2) is 24.3 Å². The SMILES string of the molecule is CS(=O)(=O)N1CCCN(C(=O)c2n[nH]c3ccccc23)CC1. The van der Waals surface area contributed by atoms with Crippen LogP contribution in [-0.4, -0.2) is 66.2 Å². The third-order valence-corrected chi connectivity index (χ3v) is 5.19. The van der Waals surface area contributed by atoms with Crippen LogP contribution in [0.1, 0.15) is 16.9 Å². The lowest BCUT2D eigenvalue weighted by Gasteiger charge is -2.20. The molecule has 2 aromatic rings. The van der Waals surface area contributed by atoms with Gasteiger partial charge < -0.3 is 4.90 Å². The molecule has 0 unspecified atom stereocenters. The summed E-state index contributed by atoms with van der Waals surface area (Å²) in [5, 5.41) is 7.76. The fraction of sp³-hybridized carbons (Fsp3) is 0.429. The molecule has 0 spiro atoms. The normalized spacial score (nSPS) is 17.6. The highest BCUT2D eigenvalue weighted by Gasteiger charge is 2.26. The molecule has 0 aliphatic carbocycles. The van der Waals surface area contributed by atoms with Crippen LogP contribution in [0.3, 0.4) is 0 Å². The summed E-state index contributed by atoms with van der Waals surface area (Å²) in [6.45, 7) is 1.69. The molecule has 1 saturated heterocycles. The van der Waals surface area contributed by atoms with Crippen molar-refractivity contribution in [3.63, 3.8) is 0 Å². The van der Waals surface area contributed by atoms with Crippen LogP contribution in [0.25, 0.3) is 10.9 Å². The Hall–Kier alpha value is -1.93. The minimum atomic E-state index is -3.21. The Bertz CT molecular complexity index is 799. The lowest BCUT2D eigenvalue weighted by Crippen LogP contribution is -2.37. The molecule has 0 saturated carbocycles. The number of rotatable bonds is 2. The average Bonchev–Trinajstić information content (AvgIpc) is 2.73. The van der Waals surface area contributed by atoms with Gasteiger partial charge in [-0.15, -0.1) is 0 Å². The molecule has 1 aliphatic heterocycles. The highest BCUT2D eigenvalue weighted by molar-refractivity contribution is 7.88. The third kappa shape index (κ3) is 2.84. The summed E-state index contributed by atoms with van der Waals surface area (Å²) in [6.07, 6.45) is 1.83. The predicted octanol–water partition coefficient (Wildman–Crippen LogP) is 0.670. The first-order valence-electron chi connectivity index (χ1n) is 7.14. The molecule has 3 rings (SSSR count). The predicted molar refractivity (Wildman–Crippen MR) is 83.0 cm³/mol. The summed E-state index contributed by atoms with van der Waals surface area (Å²) in [7, 11) is -3.21. The van der Waals surface area contributed by atoms with Crippen molar-refractivity contribution in [2.45, 2.75) is 6.42 Å². The Kier molecular flexibility index (Phi) is 3.88. The lowest BCUT2D eigenvalue weighted by atomic mass is 10.2. The highest BCUT2D eigenvalue weighted by Crippen LogP contribution is 2.18. The summed E-state index contributed by atoms with van der Waals surface area (Å²) in [4.78, 5) is 14.3. The molecular weight excluding hydrogens is 304 g/mol. The van der Waals surface area contributed by atoms with E-state index in [4.69, 9.17) is 0 Å². The van der Waals surface area contributed by atoms with E-state index in [0.717, 1.165) is 10.9 Å². The standard InChI is InChI=1S/C14H18N4O3S/c1-22(20,21)18-8-4-7-17(9-10-18)14(19)13-11-5-2-3-6-12(11)15-16-13/h2-3,5-6H,4,7-10H2,1H3,(H,15,16). The molecule has 22 heavy (non-hydrogen) atoms. The first-order valence-corrected chi connectivity index (χ1v) is 8.99. The van der Waals surface area contributed by atoms with E-state index in [1.807, 2.05) is 24.3 Å². The van der Waals surface area contributed by atoms with Crippen molar-refractivity contribution in [1.29, 1.82) is 0 Å². The number of hydrogen-bond donors (Lipinski definition) is 1. The van der Waals surface area contributed by atoms with E-state index in [2.05, 4.69) is 10.2 Å². The minimum absolute atomic E-state index is 0.159. The van der Waals surface area contributed by atoms with Crippen molar-refractivity contribution in [3.8, 4) is 0 Å². The quantitative estimate of drug-likeness (QED) is 0.880. The molecular formula is C14H18N4O3S. The second-order valence-electron chi connectivity index (χ2n) is 5.43. The van der Waals surface area contributed by atoms with Gasteiger partial charge in [0, 0.05) is 31.6 Å². The van der Waals surface area contributed by atoms with Crippen LogP contribution in [0, 0.1) is 0 Å². The molecule has 0 radical (unpaired) electrons. The fourth-order valence-electron chi connectivity index (χ4n) is 2.70. The smallest absolute Gasteiger partial charge is 0.275 e. The zero-order chi connectivity index (χ0) is 15.7. The van der Waals surface area contributed by atoms with Crippen molar-refractivity contribution in [3.05, 3.63) is 30.0 Å². The molecule has 8 heteroatoms. The number of aromatic amines is 1. The van der Waals surface area contributed by atoms with Gasteiger partial charge in [0.05, 0.1) is 11.8 Å². The van der Waals surface area contributed by atoms with Gasteiger partial charge in [-0.05, 0) is 12.5 Å². The van der Waals surface area contributed by atoms with Crippen LogP contribution >= 0.6 is 0 Å². The number of sulfonamides is 1. The van der Waals surface area contributed by atoms with E-state index >= 15 is 0 Å². The van der Waals surface area contributed by atoms with Gasteiger partial charge in [0.1, 0.15) is 0 Å². The zero-order valence-electron chi connectivity index (χ0n) is 12.3. The van der Waals surface area contributed by atoms with E-state index in [9.17, 15) is 13.2 Å². The van der Waals surface area contributed by atoms with Gasteiger partial charge in [0.2, 0.25) is 10.0 Å². The van der Waals surface area contributed by atoms with Crippen LogP contribution in [0.2, 0.25) is 0 Å². The van der Waals surface area contributed by atoms with Gasteiger partial charge in [-0.3, -0.25) is 9.89 Å². The van der Waals surface area contributed by atoms with Gasteiger partial charge in [-0.1, -0.05) is 18.2 Å². The number of aromatic nitrogens is 2.